The number of ether oxygens (including phenoxy) is 2. The van der Waals surface area contributed by atoms with E-state index in [0.717, 1.165) is 48.4 Å². The molecule has 2 N–H and O–H groups in total. The fourth-order valence-electron chi connectivity index (χ4n) is 6.02. The van der Waals surface area contributed by atoms with Crippen molar-refractivity contribution >= 4 is 35.1 Å². The predicted molar refractivity (Wildman–Crippen MR) is 161 cm³/mol. The van der Waals surface area contributed by atoms with E-state index in [2.05, 4.69) is 21.7 Å². The third-order valence-electron chi connectivity index (χ3n) is 8.39. The van der Waals surface area contributed by atoms with Crippen molar-refractivity contribution in [3.8, 4) is 0 Å². The van der Waals surface area contributed by atoms with Crippen LogP contribution in [0.4, 0.5) is 4.79 Å². The van der Waals surface area contributed by atoms with Gasteiger partial charge in [0.25, 0.3) is 0 Å². The topological polar surface area (TPSA) is 127 Å². The van der Waals surface area contributed by atoms with Gasteiger partial charge in [-0.25, -0.2) is 4.79 Å². The maximum absolute atomic E-state index is 14.1. The van der Waals surface area contributed by atoms with Gasteiger partial charge in [-0.2, -0.15) is 0 Å². The Kier molecular flexibility index (Phi) is 9.15. The van der Waals surface area contributed by atoms with Crippen LogP contribution in [0.3, 0.4) is 0 Å². The van der Waals surface area contributed by atoms with Gasteiger partial charge in [-0.05, 0) is 52.5 Å². The number of amides is 3. The highest BCUT2D eigenvalue weighted by Gasteiger charge is 2.55. The van der Waals surface area contributed by atoms with Crippen molar-refractivity contribution in [3.05, 3.63) is 54.2 Å². The number of carbonyl (C=O) groups excluding carboxylic acids is 4. The van der Waals surface area contributed by atoms with Crippen molar-refractivity contribution in [1.29, 1.82) is 0 Å². The lowest BCUT2D eigenvalue weighted by Gasteiger charge is -2.30. The van der Waals surface area contributed by atoms with Crippen LogP contribution in [0.5, 0.6) is 0 Å². The van der Waals surface area contributed by atoms with Crippen LogP contribution in [0.15, 0.2) is 48.7 Å². The van der Waals surface area contributed by atoms with Crippen molar-refractivity contribution in [3.63, 3.8) is 0 Å². The van der Waals surface area contributed by atoms with Crippen molar-refractivity contribution < 1.29 is 28.7 Å². The third-order valence-corrected chi connectivity index (χ3v) is 8.39. The van der Waals surface area contributed by atoms with Crippen molar-refractivity contribution in [1.82, 2.24) is 20.5 Å². The van der Waals surface area contributed by atoms with Crippen molar-refractivity contribution in [2.45, 2.75) is 102 Å². The molecule has 1 saturated heterocycles. The molecule has 3 heterocycles. The minimum Gasteiger partial charge on any atom is -0.444 e. The first kappa shape index (κ1) is 30.7. The van der Waals surface area contributed by atoms with E-state index in [-0.39, 0.29) is 37.3 Å². The molecule has 3 aliphatic rings. The van der Waals surface area contributed by atoms with Gasteiger partial charge < -0.3 is 29.8 Å². The Balaban J connectivity index is 1.38. The summed E-state index contributed by atoms with van der Waals surface area (Å²) in [5, 5.41) is 6.72. The Morgan fingerprint density at radius 3 is 2.79 bits per heavy atom. The van der Waals surface area contributed by atoms with Gasteiger partial charge in [0, 0.05) is 36.0 Å². The summed E-state index contributed by atoms with van der Waals surface area (Å²) < 4.78 is 11.8. The van der Waals surface area contributed by atoms with E-state index in [4.69, 9.17) is 9.47 Å². The second-order valence-electron chi connectivity index (χ2n) is 12.9. The van der Waals surface area contributed by atoms with Gasteiger partial charge in [-0.1, -0.05) is 49.3 Å². The van der Waals surface area contributed by atoms with Gasteiger partial charge in [0.2, 0.25) is 11.8 Å². The second-order valence-corrected chi connectivity index (χ2v) is 12.9. The SMILES string of the molecule is CC(C)(C)OC(=O)N[C@H]1CCCCC/C=C\[C@@H]2C[C@@]2(C=O)NC(=O)[C@@H]2C[C@@H](OCc3cccc4cccnc34)CN2C1=O. The van der Waals surface area contributed by atoms with Gasteiger partial charge in [-0.15, -0.1) is 0 Å². The number of hydrogen-bond acceptors (Lipinski definition) is 7. The molecular weight excluding hydrogens is 548 g/mol. The number of fused-ring (bicyclic) bond motifs is 3. The van der Waals surface area contributed by atoms with Crippen LogP contribution in [0.25, 0.3) is 10.9 Å². The molecule has 1 saturated carbocycles. The van der Waals surface area contributed by atoms with Gasteiger partial charge in [0.05, 0.1) is 18.2 Å². The molecule has 1 aliphatic carbocycles. The number of aromatic nitrogens is 1. The van der Waals surface area contributed by atoms with Crippen LogP contribution < -0.4 is 10.6 Å². The van der Waals surface area contributed by atoms with E-state index in [1.54, 1.807) is 27.0 Å². The molecule has 43 heavy (non-hydrogen) atoms. The van der Waals surface area contributed by atoms with Crippen LogP contribution in [0.2, 0.25) is 0 Å². The molecule has 1 aromatic heterocycles. The highest BCUT2D eigenvalue weighted by atomic mass is 16.6. The van der Waals surface area contributed by atoms with Gasteiger partial charge in [-0.3, -0.25) is 14.6 Å². The molecule has 3 amide bonds. The Hall–Kier alpha value is -3.79. The van der Waals surface area contributed by atoms with E-state index in [0.29, 0.717) is 12.8 Å². The van der Waals surface area contributed by atoms with E-state index in [9.17, 15) is 19.2 Å². The zero-order chi connectivity index (χ0) is 30.6. The molecule has 2 fully saturated rings. The van der Waals surface area contributed by atoms with Gasteiger partial charge >= 0.3 is 6.09 Å². The largest absolute Gasteiger partial charge is 0.444 e. The number of alkyl carbamates (subject to hydrolysis) is 1. The number of nitrogens with zero attached hydrogens (tertiary/aromatic N) is 2. The summed E-state index contributed by atoms with van der Waals surface area (Å²) in [5.74, 6) is -0.804. The first-order valence-electron chi connectivity index (χ1n) is 15.3. The Bertz CT molecular complexity index is 1380. The summed E-state index contributed by atoms with van der Waals surface area (Å²) in [5.41, 5.74) is 0.0724. The Morgan fingerprint density at radius 1 is 1.19 bits per heavy atom. The predicted octanol–water partition coefficient (Wildman–Crippen LogP) is 4.21. The number of nitrogens with one attached hydrogen (secondary N) is 2. The van der Waals surface area contributed by atoms with Crippen LogP contribution in [-0.2, 0) is 30.5 Å². The zero-order valence-corrected chi connectivity index (χ0v) is 25.2. The fraction of sp³-hybridized carbons (Fsp3) is 0.545. The molecular formula is C33H42N4O6. The van der Waals surface area contributed by atoms with Gasteiger partial charge in [0.1, 0.15) is 29.5 Å². The molecule has 0 unspecified atom stereocenters. The Labute approximate surface area is 252 Å². The molecule has 2 aromatic rings. The molecule has 10 heteroatoms. The molecule has 230 valence electrons. The maximum Gasteiger partial charge on any atom is 0.408 e. The average molecular weight is 591 g/mol. The van der Waals surface area contributed by atoms with E-state index >= 15 is 0 Å². The molecule has 5 atom stereocenters. The number of para-hydroxylation sites is 1. The normalized spacial score (nSPS) is 29.0. The number of rotatable bonds is 5. The minimum absolute atomic E-state index is 0.0582. The number of pyridine rings is 1. The molecule has 5 rings (SSSR count). The monoisotopic (exact) mass is 590 g/mol. The van der Waals surface area contributed by atoms with E-state index in [1.807, 2.05) is 36.4 Å². The summed E-state index contributed by atoms with van der Waals surface area (Å²) in [4.78, 5) is 58.7. The Morgan fingerprint density at radius 2 is 2.00 bits per heavy atom. The quantitative estimate of drug-likeness (QED) is 0.395. The van der Waals surface area contributed by atoms with E-state index in [1.165, 1.54) is 4.90 Å². The molecule has 0 radical (unpaired) electrons. The number of carbonyl (C=O) groups is 4. The molecule has 0 spiro atoms. The van der Waals surface area contributed by atoms with Gasteiger partial charge in [0.15, 0.2) is 0 Å². The molecule has 10 nitrogen and oxygen atoms in total. The lowest BCUT2D eigenvalue weighted by molar-refractivity contribution is -0.141. The first-order valence-corrected chi connectivity index (χ1v) is 15.3. The smallest absolute Gasteiger partial charge is 0.408 e. The highest BCUT2D eigenvalue weighted by molar-refractivity contribution is 5.94. The van der Waals surface area contributed by atoms with Crippen LogP contribution in [-0.4, -0.2) is 70.0 Å². The summed E-state index contributed by atoms with van der Waals surface area (Å²) in [6, 6.07) is 8.05. The first-order chi connectivity index (χ1) is 20.6. The summed E-state index contributed by atoms with van der Waals surface area (Å²) in [7, 11) is 0. The fourth-order valence-corrected chi connectivity index (χ4v) is 6.02. The van der Waals surface area contributed by atoms with E-state index < -0.39 is 35.4 Å². The van der Waals surface area contributed by atoms with Crippen molar-refractivity contribution in [2.24, 2.45) is 5.92 Å². The standard InChI is InChI=1S/C33H42N4O6/c1-32(2,3)43-31(41)35-26-15-8-6-4-5-7-14-24-18-33(24,21-38)36-29(39)27-17-25(19-37(27)30(26)40)42-20-23-12-9-11-22-13-10-16-34-28(22)23/h7,9-14,16,21,24-27H,4-6,8,15,17-20H2,1-3H3,(H,35,41)(H,36,39)/b14-7-/t24-,25-,26+,27+,33+/m1/s1. The van der Waals surface area contributed by atoms with Crippen LogP contribution >= 0.6 is 0 Å². The molecule has 0 bridgehead atoms. The second kappa shape index (κ2) is 12.8. The number of allylic oxidation sites excluding steroid dienone is 1. The third kappa shape index (κ3) is 7.41. The summed E-state index contributed by atoms with van der Waals surface area (Å²) in [6.45, 7) is 5.74. The number of hydrogen-bond donors (Lipinski definition) is 2. The number of aldehydes is 1. The molecule has 1 aromatic carbocycles. The average Bonchev–Trinajstić information content (AvgIpc) is 3.47. The lowest BCUT2D eigenvalue weighted by Crippen LogP contribution is -2.55. The minimum atomic E-state index is -0.954. The van der Waals surface area contributed by atoms with Crippen molar-refractivity contribution in [2.75, 3.05) is 6.54 Å². The summed E-state index contributed by atoms with van der Waals surface area (Å²) >= 11 is 0. The maximum atomic E-state index is 14.1. The zero-order valence-electron chi connectivity index (χ0n) is 25.2. The lowest BCUT2D eigenvalue weighted by atomic mass is 10.0. The highest BCUT2D eigenvalue weighted by Crippen LogP contribution is 2.43. The molecule has 2 aliphatic heterocycles. The number of benzene rings is 1. The summed E-state index contributed by atoms with van der Waals surface area (Å²) in [6.07, 6.45) is 10.1. The van der Waals surface area contributed by atoms with Crippen LogP contribution in [0, 0.1) is 5.92 Å². The van der Waals surface area contributed by atoms with Crippen LogP contribution in [0.1, 0.15) is 71.3 Å².